The van der Waals surface area contributed by atoms with Crippen LogP contribution in [0.2, 0.25) is 0 Å². The first-order valence-corrected chi connectivity index (χ1v) is 14.2. The predicted octanol–water partition coefficient (Wildman–Crippen LogP) is 7.60. The summed E-state index contributed by atoms with van der Waals surface area (Å²) in [5.74, 6) is 0.0365. The van der Waals surface area contributed by atoms with E-state index in [1.165, 1.54) is 20.3 Å². The minimum Gasteiger partial charge on any atom is -0.494 e. The molecule has 4 rings (SSSR count). The highest BCUT2D eigenvalue weighted by Gasteiger charge is 2.33. The van der Waals surface area contributed by atoms with Gasteiger partial charge in [0.15, 0.2) is 11.6 Å². The van der Waals surface area contributed by atoms with Crippen molar-refractivity contribution < 1.29 is 32.9 Å². The summed E-state index contributed by atoms with van der Waals surface area (Å²) < 4.78 is 36.5. The van der Waals surface area contributed by atoms with E-state index < -0.39 is 23.6 Å². The van der Waals surface area contributed by atoms with Crippen molar-refractivity contribution in [1.29, 1.82) is 0 Å². The van der Waals surface area contributed by atoms with Gasteiger partial charge in [0, 0.05) is 24.4 Å². The summed E-state index contributed by atoms with van der Waals surface area (Å²) in [5.41, 5.74) is 3.46. The Morgan fingerprint density at radius 1 is 1.07 bits per heavy atom. The number of benzene rings is 3. The number of esters is 1. The van der Waals surface area contributed by atoms with Gasteiger partial charge in [0.1, 0.15) is 17.5 Å². The first-order chi connectivity index (χ1) is 19.9. The maximum atomic E-state index is 14.1. The zero-order valence-corrected chi connectivity index (χ0v) is 25.4. The number of amides is 1. The Bertz CT molecular complexity index is 1430. The molecule has 0 radical (unpaired) electrons. The summed E-state index contributed by atoms with van der Waals surface area (Å²) in [5, 5.41) is 0. The van der Waals surface area contributed by atoms with Gasteiger partial charge in [-0.1, -0.05) is 36.4 Å². The van der Waals surface area contributed by atoms with Crippen molar-refractivity contribution in [1.82, 2.24) is 4.90 Å². The molecule has 0 bridgehead atoms. The summed E-state index contributed by atoms with van der Waals surface area (Å²) >= 11 is 0. The van der Waals surface area contributed by atoms with Gasteiger partial charge in [-0.15, -0.1) is 0 Å². The minimum absolute atomic E-state index is 0.0160. The number of fused-ring (bicyclic) bond motifs is 1. The van der Waals surface area contributed by atoms with Crippen molar-refractivity contribution in [2.45, 2.75) is 71.1 Å². The Labute approximate surface area is 247 Å². The monoisotopic (exact) mass is 577 g/mol. The number of ether oxygens (including phenoxy) is 4. The molecule has 3 aromatic rings. The zero-order chi connectivity index (χ0) is 30.6. The Morgan fingerprint density at radius 2 is 1.81 bits per heavy atom. The van der Waals surface area contributed by atoms with Gasteiger partial charge < -0.3 is 23.8 Å². The number of para-hydroxylation sites is 1. The average molecular weight is 578 g/mol. The molecule has 0 aromatic heterocycles. The Kier molecular flexibility index (Phi) is 9.44. The van der Waals surface area contributed by atoms with Crippen LogP contribution in [0.1, 0.15) is 85.1 Å². The van der Waals surface area contributed by atoms with Crippen LogP contribution in [0.25, 0.3) is 0 Å². The van der Waals surface area contributed by atoms with Gasteiger partial charge in [-0.05, 0) is 82.0 Å². The molecule has 3 aromatic carbocycles. The molecule has 0 saturated carbocycles. The number of nitrogens with zero attached hydrogens (tertiary/aromatic N) is 1. The second kappa shape index (κ2) is 12.8. The average Bonchev–Trinajstić information content (AvgIpc) is 2.96. The summed E-state index contributed by atoms with van der Waals surface area (Å²) in [6.07, 6.45) is 0.504. The lowest BCUT2D eigenvalue weighted by molar-refractivity contribution is 0.0140. The molecule has 0 saturated heterocycles. The Balaban J connectivity index is 1.61. The molecular formula is C34H40FNO6. The zero-order valence-electron chi connectivity index (χ0n) is 25.4. The number of carbonyl (C=O) groups is 2. The van der Waals surface area contributed by atoms with E-state index in [4.69, 9.17) is 18.9 Å². The molecule has 1 aliphatic heterocycles. The van der Waals surface area contributed by atoms with Crippen molar-refractivity contribution >= 4 is 12.1 Å². The van der Waals surface area contributed by atoms with Crippen LogP contribution in [-0.4, -0.2) is 49.4 Å². The number of methoxy groups -OCH3 is 2. The van der Waals surface area contributed by atoms with Crippen LogP contribution in [0.4, 0.5) is 9.18 Å². The number of hydrogen-bond donors (Lipinski definition) is 0. The van der Waals surface area contributed by atoms with Gasteiger partial charge in [-0.2, -0.15) is 0 Å². The molecule has 3 atom stereocenters. The van der Waals surface area contributed by atoms with E-state index in [-0.39, 0.29) is 23.7 Å². The third kappa shape index (κ3) is 7.04. The maximum absolute atomic E-state index is 14.1. The molecule has 1 aliphatic rings. The Hall–Kier alpha value is -4.07. The lowest BCUT2D eigenvalue weighted by atomic mass is 9.82. The number of halogens is 1. The molecule has 8 heteroatoms. The van der Waals surface area contributed by atoms with Crippen molar-refractivity contribution in [3.63, 3.8) is 0 Å². The molecule has 224 valence electrons. The maximum Gasteiger partial charge on any atom is 0.410 e. The second-order valence-electron chi connectivity index (χ2n) is 11.7. The third-order valence-electron chi connectivity index (χ3n) is 7.60. The SMILES string of the molecule is COC(=O)c1cc(C2C[C@H](CCN(C(=O)OC(C)(C)C)[C@H](C)c3ccc(F)c(OC)c3)Oc3ccccc32)ccc1C. The van der Waals surface area contributed by atoms with Gasteiger partial charge in [0.05, 0.1) is 25.8 Å². The summed E-state index contributed by atoms with van der Waals surface area (Å²) in [6, 6.07) is 18.0. The fourth-order valence-corrected chi connectivity index (χ4v) is 5.33. The fraction of sp³-hybridized carbons (Fsp3) is 0.412. The van der Waals surface area contributed by atoms with Crippen molar-refractivity contribution in [2.75, 3.05) is 20.8 Å². The van der Waals surface area contributed by atoms with E-state index in [0.29, 0.717) is 24.9 Å². The van der Waals surface area contributed by atoms with E-state index >= 15 is 0 Å². The van der Waals surface area contributed by atoms with Crippen LogP contribution >= 0.6 is 0 Å². The van der Waals surface area contributed by atoms with E-state index in [1.54, 1.807) is 17.0 Å². The highest BCUT2D eigenvalue weighted by molar-refractivity contribution is 5.91. The smallest absolute Gasteiger partial charge is 0.410 e. The van der Waals surface area contributed by atoms with Crippen LogP contribution in [0, 0.1) is 12.7 Å². The molecule has 1 unspecified atom stereocenters. The van der Waals surface area contributed by atoms with E-state index in [1.807, 2.05) is 77.1 Å². The number of rotatable bonds is 8. The van der Waals surface area contributed by atoms with E-state index in [9.17, 15) is 14.0 Å². The van der Waals surface area contributed by atoms with E-state index in [0.717, 1.165) is 28.0 Å². The molecule has 0 N–H and O–H groups in total. The number of hydrogen-bond acceptors (Lipinski definition) is 6. The lowest BCUT2D eigenvalue weighted by Gasteiger charge is -2.36. The first kappa shape index (κ1) is 30.9. The van der Waals surface area contributed by atoms with Gasteiger partial charge in [-0.25, -0.2) is 14.0 Å². The number of carbonyl (C=O) groups excluding carboxylic acids is 2. The normalized spacial score (nSPS) is 17.0. The molecule has 0 spiro atoms. The van der Waals surface area contributed by atoms with Crippen LogP contribution in [-0.2, 0) is 9.47 Å². The minimum atomic E-state index is -0.691. The predicted molar refractivity (Wildman–Crippen MR) is 159 cm³/mol. The van der Waals surface area contributed by atoms with Crippen molar-refractivity contribution in [3.05, 3.63) is 94.3 Å². The topological polar surface area (TPSA) is 74.3 Å². The molecule has 0 fully saturated rings. The molecule has 1 heterocycles. The van der Waals surface area contributed by atoms with Crippen LogP contribution < -0.4 is 9.47 Å². The molecular weight excluding hydrogens is 537 g/mol. The standard InChI is InChI=1S/C34H40FNO6/c1-21-12-13-24(18-27(21)32(37)40-7)28-20-25(41-30-11-9-8-10-26(28)30)16-17-36(33(38)42-34(3,4)5)22(2)23-14-15-29(35)31(19-23)39-6/h8-15,18-19,22,25,28H,16-17,20H2,1-7H3/t22-,25+,28?/m1/s1. The van der Waals surface area contributed by atoms with E-state index in [2.05, 4.69) is 0 Å². The van der Waals surface area contributed by atoms with Crippen LogP contribution in [0.15, 0.2) is 60.7 Å². The van der Waals surface area contributed by atoms with Crippen molar-refractivity contribution in [3.8, 4) is 11.5 Å². The van der Waals surface area contributed by atoms with Gasteiger partial charge in [-0.3, -0.25) is 0 Å². The highest BCUT2D eigenvalue weighted by Crippen LogP contribution is 2.42. The summed E-state index contributed by atoms with van der Waals surface area (Å²) in [6.45, 7) is 9.59. The second-order valence-corrected chi connectivity index (χ2v) is 11.7. The first-order valence-electron chi connectivity index (χ1n) is 14.2. The van der Waals surface area contributed by atoms with Crippen LogP contribution in [0.3, 0.4) is 0 Å². The Morgan fingerprint density at radius 3 is 2.50 bits per heavy atom. The largest absolute Gasteiger partial charge is 0.494 e. The van der Waals surface area contributed by atoms with Crippen molar-refractivity contribution in [2.24, 2.45) is 0 Å². The quantitative estimate of drug-likeness (QED) is 0.257. The molecule has 7 nitrogen and oxygen atoms in total. The van der Waals surface area contributed by atoms with Gasteiger partial charge in [0.25, 0.3) is 0 Å². The molecule has 1 amide bonds. The molecule has 0 aliphatic carbocycles. The molecule has 42 heavy (non-hydrogen) atoms. The lowest BCUT2D eigenvalue weighted by Crippen LogP contribution is -2.41. The van der Waals surface area contributed by atoms with Gasteiger partial charge in [0.2, 0.25) is 0 Å². The number of aryl methyl sites for hydroxylation is 1. The van der Waals surface area contributed by atoms with Crippen LogP contribution in [0.5, 0.6) is 11.5 Å². The highest BCUT2D eigenvalue weighted by atomic mass is 19.1. The summed E-state index contributed by atoms with van der Waals surface area (Å²) in [4.78, 5) is 27.5. The fourth-order valence-electron chi connectivity index (χ4n) is 5.33. The van der Waals surface area contributed by atoms with Gasteiger partial charge >= 0.3 is 12.1 Å². The third-order valence-corrected chi connectivity index (χ3v) is 7.60. The summed E-state index contributed by atoms with van der Waals surface area (Å²) in [7, 11) is 2.79.